The predicted octanol–water partition coefficient (Wildman–Crippen LogP) is 2.63. The lowest BCUT2D eigenvalue weighted by Crippen LogP contribution is -2.27. The van der Waals surface area contributed by atoms with Crippen LogP contribution in [0.3, 0.4) is 0 Å². The lowest BCUT2D eigenvalue weighted by molar-refractivity contribution is 0.0600. The van der Waals surface area contributed by atoms with Crippen LogP contribution in [0, 0.1) is 0 Å². The molecule has 1 unspecified atom stereocenters. The maximum atomic E-state index is 11.2. The predicted molar refractivity (Wildman–Crippen MR) is 75.6 cm³/mol. The highest BCUT2D eigenvalue weighted by atomic mass is 16.5. The van der Waals surface area contributed by atoms with Gasteiger partial charge in [0.15, 0.2) is 0 Å². The van der Waals surface area contributed by atoms with Crippen LogP contribution < -0.4 is 10.1 Å². The molecular weight excluding hydrogens is 242 g/mol. The molecule has 0 spiro atoms. The number of hydrogen-bond acceptors (Lipinski definition) is 4. The minimum atomic E-state index is -0.329. The van der Waals surface area contributed by atoms with Crippen molar-refractivity contribution in [1.29, 1.82) is 0 Å². The molecule has 1 aromatic rings. The summed E-state index contributed by atoms with van der Waals surface area (Å²) in [6, 6.07) is 7.54. The van der Waals surface area contributed by atoms with Crippen LogP contribution in [0.1, 0.15) is 37.0 Å². The van der Waals surface area contributed by atoms with Gasteiger partial charge in [-0.25, -0.2) is 4.79 Å². The number of methoxy groups -OCH3 is 1. The second-order valence-electron chi connectivity index (χ2n) is 4.48. The number of hydrogen-bond donors (Lipinski definition) is 1. The van der Waals surface area contributed by atoms with Gasteiger partial charge in [0.2, 0.25) is 0 Å². The number of carbonyl (C=O) groups excluding carboxylic acids is 1. The summed E-state index contributed by atoms with van der Waals surface area (Å²) >= 11 is 0. The summed E-state index contributed by atoms with van der Waals surface area (Å²) in [6.07, 6.45) is 2.10. The van der Waals surface area contributed by atoms with Crippen LogP contribution in [0.4, 0.5) is 0 Å². The van der Waals surface area contributed by atoms with Crippen LogP contribution in [0.15, 0.2) is 24.3 Å². The SMILES string of the molecule is CCC(C)NCCCOc1ccc(C(=O)OC)cc1. The summed E-state index contributed by atoms with van der Waals surface area (Å²) < 4.78 is 10.2. The number of rotatable bonds is 8. The second kappa shape index (κ2) is 8.53. The Morgan fingerprint density at radius 1 is 1.32 bits per heavy atom. The van der Waals surface area contributed by atoms with Crippen LogP contribution in [0.2, 0.25) is 0 Å². The van der Waals surface area contributed by atoms with E-state index in [0.717, 1.165) is 25.1 Å². The fraction of sp³-hybridized carbons (Fsp3) is 0.533. The largest absolute Gasteiger partial charge is 0.494 e. The fourth-order valence-electron chi connectivity index (χ4n) is 1.56. The van der Waals surface area contributed by atoms with Crippen molar-refractivity contribution in [1.82, 2.24) is 5.32 Å². The van der Waals surface area contributed by atoms with E-state index in [0.29, 0.717) is 18.2 Å². The Bertz CT molecular complexity index is 375. The average molecular weight is 265 g/mol. The van der Waals surface area contributed by atoms with Gasteiger partial charge >= 0.3 is 5.97 Å². The molecule has 0 saturated carbocycles. The first-order valence-corrected chi connectivity index (χ1v) is 6.72. The van der Waals surface area contributed by atoms with Crippen LogP contribution in [-0.4, -0.2) is 32.3 Å². The molecule has 1 aromatic carbocycles. The molecule has 4 nitrogen and oxygen atoms in total. The first-order chi connectivity index (χ1) is 9.17. The van der Waals surface area contributed by atoms with E-state index in [-0.39, 0.29) is 5.97 Å². The first kappa shape index (κ1) is 15.5. The van der Waals surface area contributed by atoms with E-state index in [1.807, 2.05) is 0 Å². The van der Waals surface area contributed by atoms with Crippen LogP contribution in [0.25, 0.3) is 0 Å². The summed E-state index contributed by atoms with van der Waals surface area (Å²) in [7, 11) is 1.37. The van der Waals surface area contributed by atoms with E-state index in [1.54, 1.807) is 24.3 Å². The highest BCUT2D eigenvalue weighted by molar-refractivity contribution is 5.89. The van der Waals surface area contributed by atoms with Gasteiger partial charge in [-0.15, -0.1) is 0 Å². The summed E-state index contributed by atoms with van der Waals surface area (Å²) in [4.78, 5) is 11.2. The number of esters is 1. The van der Waals surface area contributed by atoms with Crippen molar-refractivity contribution < 1.29 is 14.3 Å². The number of ether oxygens (including phenoxy) is 2. The Balaban J connectivity index is 2.25. The maximum Gasteiger partial charge on any atom is 0.337 e. The van der Waals surface area contributed by atoms with Crippen LogP contribution >= 0.6 is 0 Å². The number of nitrogens with one attached hydrogen (secondary N) is 1. The molecule has 1 atom stereocenters. The third-order valence-corrected chi connectivity index (χ3v) is 2.97. The van der Waals surface area contributed by atoms with Gasteiger partial charge in [-0.1, -0.05) is 6.92 Å². The minimum absolute atomic E-state index is 0.329. The van der Waals surface area contributed by atoms with Gasteiger partial charge in [0.05, 0.1) is 19.3 Å². The Morgan fingerprint density at radius 2 is 2.00 bits per heavy atom. The number of carbonyl (C=O) groups is 1. The highest BCUT2D eigenvalue weighted by Crippen LogP contribution is 2.12. The smallest absolute Gasteiger partial charge is 0.337 e. The van der Waals surface area contributed by atoms with Crippen molar-refractivity contribution in [2.45, 2.75) is 32.7 Å². The van der Waals surface area contributed by atoms with E-state index in [9.17, 15) is 4.79 Å². The van der Waals surface area contributed by atoms with Crippen molar-refractivity contribution in [3.63, 3.8) is 0 Å². The van der Waals surface area contributed by atoms with Crippen molar-refractivity contribution in [2.24, 2.45) is 0 Å². The maximum absolute atomic E-state index is 11.2. The molecule has 0 saturated heterocycles. The zero-order chi connectivity index (χ0) is 14.1. The Kier molecular flexibility index (Phi) is 6.97. The third kappa shape index (κ3) is 5.75. The quantitative estimate of drug-likeness (QED) is 0.580. The molecule has 0 aliphatic heterocycles. The van der Waals surface area contributed by atoms with Gasteiger partial charge in [0.1, 0.15) is 5.75 Å². The standard InChI is InChI=1S/C15H23NO3/c1-4-12(2)16-10-5-11-19-14-8-6-13(7-9-14)15(17)18-3/h6-9,12,16H,4-5,10-11H2,1-3H3. The zero-order valence-electron chi connectivity index (χ0n) is 11.9. The van der Waals surface area contributed by atoms with Crippen molar-refractivity contribution in [3.05, 3.63) is 29.8 Å². The topological polar surface area (TPSA) is 47.6 Å². The molecule has 0 radical (unpaired) electrons. The van der Waals surface area contributed by atoms with Crippen molar-refractivity contribution in [3.8, 4) is 5.75 Å². The molecule has 0 fully saturated rings. The Labute approximate surface area is 115 Å². The lowest BCUT2D eigenvalue weighted by atomic mass is 10.2. The van der Waals surface area contributed by atoms with Gasteiger partial charge in [0, 0.05) is 6.04 Å². The van der Waals surface area contributed by atoms with Gasteiger partial charge in [0.25, 0.3) is 0 Å². The first-order valence-electron chi connectivity index (χ1n) is 6.72. The Morgan fingerprint density at radius 3 is 2.58 bits per heavy atom. The van der Waals surface area contributed by atoms with Gasteiger partial charge in [-0.2, -0.15) is 0 Å². The van der Waals surface area contributed by atoms with Gasteiger partial charge in [-0.3, -0.25) is 0 Å². The molecular formula is C15H23NO3. The van der Waals surface area contributed by atoms with E-state index in [1.165, 1.54) is 7.11 Å². The lowest BCUT2D eigenvalue weighted by Gasteiger charge is -2.11. The normalized spacial score (nSPS) is 11.9. The zero-order valence-corrected chi connectivity index (χ0v) is 11.9. The molecule has 0 bridgehead atoms. The molecule has 106 valence electrons. The van der Waals surface area contributed by atoms with Gasteiger partial charge < -0.3 is 14.8 Å². The molecule has 1 N–H and O–H groups in total. The summed E-state index contributed by atoms with van der Waals surface area (Å²) in [5.74, 6) is 0.445. The van der Waals surface area contributed by atoms with E-state index >= 15 is 0 Å². The van der Waals surface area contributed by atoms with E-state index in [4.69, 9.17) is 4.74 Å². The third-order valence-electron chi connectivity index (χ3n) is 2.97. The van der Waals surface area contributed by atoms with Crippen molar-refractivity contribution >= 4 is 5.97 Å². The Hall–Kier alpha value is -1.55. The van der Waals surface area contributed by atoms with Crippen LogP contribution in [-0.2, 0) is 4.74 Å². The van der Waals surface area contributed by atoms with Crippen LogP contribution in [0.5, 0.6) is 5.75 Å². The highest BCUT2D eigenvalue weighted by Gasteiger charge is 2.04. The molecule has 0 amide bonds. The molecule has 0 aliphatic rings. The van der Waals surface area contributed by atoms with Crippen molar-refractivity contribution in [2.75, 3.05) is 20.3 Å². The molecule has 4 heteroatoms. The monoisotopic (exact) mass is 265 g/mol. The minimum Gasteiger partial charge on any atom is -0.494 e. The molecule has 0 heterocycles. The van der Waals surface area contributed by atoms with E-state index in [2.05, 4.69) is 23.9 Å². The summed E-state index contributed by atoms with van der Waals surface area (Å²) in [5, 5.41) is 3.41. The van der Waals surface area contributed by atoms with Gasteiger partial charge in [-0.05, 0) is 50.6 Å². The second-order valence-corrected chi connectivity index (χ2v) is 4.48. The van der Waals surface area contributed by atoms with E-state index < -0.39 is 0 Å². The average Bonchev–Trinajstić information content (AvgIpc) is 2.46. The summed E-state index contributed by atoms with van der Waals surface area (Å²) in [6.45, 7) is 5.96. The molecule has 19 heavy (non-hydrogen) atoms. The molecule has 0 aromatic heterocycles. The summed E-state index contributed by atoms with van der Waals surface area (Å²) in [5.41, 5.74) is 0.535. The molecule has 0 aliphatic carbocycles. The molecule has 1 rings (SSSR count). The number of benzene rings is 1. The fourth-order valence-corrected chi connectivity index (χ4v) is 1.56.